The van der Waals surface area contributed by atoms with Gasteiger partial charge in [-0.25, -0.2) is 8.78 Å². The molecule has 6 nitrogen and oxygen atoms in total. The van der Waals surface area contributed by atoms with Gasteiger partial charge < -0.3 is 20.4 Å². The van der Waals surface area contributed by atoms with Crippen molar-refractivity contribution in [1.29, 1.82) is 0 Å². The van der Waals surface area contributed by atoms with Gasteiger partial charge in [0.2, 0.25) is 5.91 Å². The highest BCUT2D eigenvalue weighted by molar-refractivity contribution is 5.96. The first-order valence-corrected chi connectivity index (χ1v) is 11.6. The number of aliphatic hydroxyl groups excluding tert-OH is 1. The largest absolute Gasteiger partial charge is 0.368 e. The first-order valence-electron chi connectivity index (χ1n) is 11.6. The molecule has 0 saturated carbocycles. The number of rotatable bonds is 11. The molecule has 0 aliphatic rings. The van der Waals surface area contributed by atoms with Crippen molar-refractivity contribution in [3.63, 3.8) is 0 Å². The van der Waals surface area contributed by atoms with E-state index in [0.717, 1.165) is 29.3 Å². The zero-order valence-corrected chi connectivity index (χ0v) is 20.2. The highest BCUT2D eigenvalue weighted by Crippen LogP contribution is 2.24. The maximum absolute atomic E-state index is 13.3. The van der Waals surface area contributed by atoms with Gasteiger partial charge in [-0.2, -0.15) is 0 Å². The van der Waals surface area contributed by atoms with E-state index in [1.54, 1.807) is 24.3 Å². The van der Waals surface area contributed by atoms with E-state index >= 15 is 0 Å². The number of benzene rings is 3. The molecule has 0 aliphatic heterocycles. The molecule has 8 heteroatoms. The molecule has 0 saturated heterocycles. The summed E-state index contributed by atoms with van der Waals surface area (Å²) < 4.78 is 26.6. The van der Waals surface area contributed by atoms with Crippen LogP contribution in [0.15, 0.2) is 66.7 Å². The summed E-state index contributed by atoms with van der Waals surface area (Å²) in [6.45, 7) is 0.647. The Kier molecular flexibility index (Phi) is 9.41. The second kappa shape index (κ2) is 12.5. The average Bonchev–Trinajstić information content (AvgIpc) is 2.81. The molecule has 3 aromatic rings. The molecule has 1 atom stereocenters. The van der Waals surface area contributed by atoms with E-state index in [0.29, 0.717) is 24.2 Å². The maximum Gasteiger partial charge on any atom is 0.228 e. The third kappa shape index (κ3) is 8.05. The molecule has 0 aromatic heterocycles. The molecule has 3 aromatic carbocycles. The van der Waals surface area contributed by atoms with Crippen LogP contribution in [0.3, 0.4) is 0 Å². The predicted octanol–water partition coefficient (Wildman–Crippen LogP) is 4.26. The number of hydrogen-bond acceptors (Lipinski definition) is 5. The Morgan fingerprint density at radius 2 is 1.44 bits per heavy atom. The molecule has 1 amide bonds. The lowest BCUT2D eigenvalue weighted by Crippen LogP contribution is -2.27. The Labute approximate surface area is 209 Å². The van der Waals surface area contributed by atoms with Crippen molar-refractivity contribution < 1.29 is 28.6 Å². The van der Waals surface area contributed by atoms with Crippen LogP contribution >= 0.6 is 0 Å². The van der Waals surface area contributed by atoms with Gasteiger partial charge in [-0.1, -0.05) is 36.4 Å². The van der Waals surface area contributed by atoms with Gasteiger partial charge in [-0.05, 0) is 68.0 Å². The summed E-state index contributed by atoms with van der Waals surface area (Å²) >= 11 is 0. The predicted molar refractivity (Wildman–Crippen MR) is 134 cm³/mol. The number of ketones is 1. The molecule has 0 aliphatic carbocycles. The molecule has 0 heterocycles. The quantitative estimate of drug-likeness (QED) is 0.273. The fourth-order valence-corrected chi connectivity index (χ4v) is 3.83. The standard InChI is InChI=1S/C28H30F2N2O4/c1-32(2)12-11-22(28(35)36)16-26(33)21-5-3-19(4-6-21)20-7-9-25(10-8-20)31-27(34)15-18-13-23(29)17-24(30)14-18/h3-10,13-14,17,22,28,35-36H,11-12,15-16H2,1-2H3,(H,31,34). The lowest BCUT2D eigenvalue weighted by molar-refractivity contribution is -0.115. The lowest BCUT2D eigenvalue weighted by atomic mass is 9.93. The number of carbonyl (C=O) groups is 2. The fourth-order valence-electron chi connectivity index (χ4n) is 3.83. The molecule has 0 spiro atoms. The Hall–Kier alpha value is -3.46. The van der Waals surface area contributed by atoms with E-state index in [2.05, 4.69) is 5.32 Å². The van der Waals surface area contributed by atoms with Gasteiger partial charge in [-0.3, -0.25) is 9.59 Å². The zero-order valence-electron chi connectivity index (χ0n) is 20.2. The number of anilines is 1. The van der Waals surface area contributed by atoms with Gasteiger partial charge in [0.05, 0.1) is 6.42 Å². The van der Waals surface area contributed by atoms with Gasteiger partial charge in [0.1, 0.15) is 11.6 Å². The fraction of sp³-hybridized carbons (Fsp3) is 0.286. The van der Waals surface area contributed by atoms with Gasteiger partial charge in [0.15, 0.2) is 12.1 Å². The smallest absolute Gasteiger partial charge is 0.228 e. The van der Waals surface area contributed by atoms with Crippen molar-refractivity contribution in [3.8, 4) is 11.1 Å². The van der Waals surface area contributed by atoms with Crippen LogP contribution in [0.4, 0.5) is 14.5 Å². The molecule has 0 fully saturated rings. The molecular weight excluding hydrogens is 466 g/mol. The van der Waals surface area contributed by atoms with Gasteiger partial charge >= 0.3 is 0 Å². The molecule has 36 heavy (non-hydrogen) atoms. The van der Waals surface area contributed by atoms with Crippen molar-refractivity contribution >= 4 is 17.4 Å². The summed E-state index contributed by atoms with van der Waals surface area (Å²) in [7, 11) is 3.77. The van der Waals surface area contributed by atoms with Crippen molar-refractivity contribution in [2.45, 2.75) is 25.6 Å². The van der Waals surface area contributed by atoms with Crippen LogP contribution in [0.25, 0.3) is 11.1 Å². The van der Waals surface area contributed by atoms with E-state index in [1.165, 1.54) is 0 Å². The Morgan fingerprint density at radius 3 is 1.97 bits per heavy atom. The molecule has 0 bridgehead atoms. The van der Waals surface area contributed by atoms with E-state index in [9.17, 15) is 28.6 Å². The van der Waals surface area contributed by atoms with Gasteiger partial charge in [0, 0.05) is 29.7 Å². The minimum atomic E-state index is -1.55. The average molecular weight is 497 g/mol. The van der Waals surface area contributed by atoms with Gasteiger partial charge in [0.25, 0.3) is 0 Å². The van der Waals surface area contributed by atoms with Crippen LogP contribution in [0.1, 0.15) is 28.8 Å². The number of nitrogens with zero attached hydrogens (tertiary/aromatic N) is 1. The van der Waals surface area contributed by atoms with E-state index in [-0.39, 0.29) is 24.2 Å². The van der Waals surface area contributed by atoms with Crippen LogP contribution in [-0.4, -0.2) is 53.7 Å². The highest BCUT2D eigenvalue weighted by Gasteiger charge is 2.21. The van der Waals surface area contributed by atoms with E-state index < -0.39 is 29.7 Å². The summed E-state index contributed by atoms with van der Waals surface area (Å²) in [5.74, 6) is -2.56. The summed E-state index contributed by atoms with van der Waals surface area (Å²) in [5.41, 5.74) is 3.01. The number of aliphatic hydroxyl groups is 2. The van der Waals surface area contributed by atoms with Crippen LogP contribution in [0.2, 0.25) is 0 Å². The monoisotopic (exact) mass is 496 g/mol. The number of hydrogen-bond donors (Lipinski definition) is 3. The first kappa shape index (κ1) is 27.1. The number of nitrogens with one attached hydrogen (secondary N) is 1. The number of halogens is 2. The number of Topliss-reactive ketones (excluding diaryl/α,β-unsaturated/α-hetero) is 1. The second-order valence-electron chi connectivity index (χ2n) is 9.05. The SMILES string of the molecule is CN(C)CCC(CC(=O)c1ccc(-c2ccc(NC(=O)Cc3cc(F)cc(F)c3)cc2)cc1)C(O)O. The summed E-state index contributed by atoms with van der Waals surface area (Å²) in [4.78, 5) is 26.8. The number of carbonyl (C=O) groups excluding carboxylic acids is 2. The van der Waals surface area contributed by atoms with E-state index in [1.807, 2.05) is 43.3 Å². The van der Waals surface area contributed by atoms with Crippen LogP contribution in [-0.2, 0) is 11.2 Å². The van der Waals surface area contributed by atoms with Crippen LogP contribution < -0.4 is 5.32 Å². The zero-order chi connectivity index (χ0) is 26.2. The Bertz CT molecular complexity index is 1160. The third-order valence-electron chi connectivity index (χ3n) is 5.81. The first-order chi connectivity index (χ1) is 17.1. The summed E-state index contributed by atoms with van der Waals surface area (Å²) in [6.07, 6.45) is -1.17. The van der Waals surface area contributed by atoms with Gasteiger partial charge in [-0.15, -0.1) is 0 Å². The third-order valence-corrected chi connectivity index (χ3v) is 5.81. The molecule has 3 rings (SSSR count). The minimum absolute atomic E-state index is 0.0432. The van der Waals surface area contributed by atoms with Crippen LogP contribution in [0.5, 0.6) is 0 Å². The molecule has 0 radical (unpaired) electrons. The number of amides is 1. The van der Waals surface area contributed by atoms with Crippen molar-refractivity contribution in [2.75, 3.05) is 26.0 Å². The molecule has 1 unspecified atom stereocenters. The normalized spacial score (nSPS) is 12.1. The van der Waals surface area contributed by atoms with E-state index in [4.69, 9.17) is 0 Å². The maximum atomic E-state index is 13.3. The summed E-state index contributed by atoms with van der Waals surface area (Å²) in [6, 6.07) is 17.1. The van der Waals surface area contributed by atoms with Crippen molar-refractivity contribution in [1.82, 2.24) is 4.90 Å². The highest BCUT2D eigenvalue weighted by atomic mass is 19.1. The molecular formula is C28H30F2N2O4. The lowest BCUT2D eigenvalue weighted by Gasteiger charge is -2.20. The molecule has 190 valence electrons. The second-order valence-corrected chi connectivity index (χ2v) is 9.05. The minimum Gasteiger partial charge on any atom is -0.368 e. The summed E-state index contributed by atoms with van der Waals surface area (Å²) in [5, 5.41) is 21.9. The topological polar surface area (TPSA) is 89.9 Å². The van der Waals surface area contributed by atoms with Crippen molar-refractivity contribution in [3.05, 3.63) is 89.5 Å². The Morgan fingerprint density at radius 1 is 0.889 bits per heavy atom. The van der Waals surface area contributed by atoms with Crippen molar-refractivity contribution in [2.24, 2.45) is 5.92 Å². The van der Waals surface area contributed by atoms with Crippen LogP contribution in [0, 0.1) is 17.6 Å². The Balaban J connectivity index is 1.59. The molecule has 3 N–H and O–H groups in total.